The Morgan fingerprint density at radius 3 is 2.51 bits per heavy atom. The molecule has 6 nitrogen and oxygen atoms in total. The molecule has 3 heterocycles. The second-order valence-corrected chi connectivity index (χ2v) is 9.44. The van der Waals surface area contributed by atoms with E-state index >= 15 is 0 Å². The topological polar surface area (TPSA) is 53.4 Å². The van der Waals surface area contributed by atoms with Crippen LogP contribution in [-0.4, -0.2) is 57.4 Å². The number of aromatic nitrogens is 2. The number of anilines is 2. The Morgan fingerprint density at radius 1 is 1.06 bits per heavy atom. The number of carbonyl (C=O) groups excluding carboxylic acids is 1. The van der Waals surface area contributed by atoms with Gasteiger partial charge in [0.1, 0.15) is 23.2 Å². The van der Waals surface area contributed by atoms with Gasteiger partial charge in [-0.2, -0.15) is 0 Å². The van der Waals surface area contributed by atoms with Crippen LogP contribution in [0.15, 0.2) is 48.5 Å². The van der Waals surface area contributed by atoms with Crippen LogP contribution in [-0.2, 0) is 17.9 Å². The highest BCUT2D eigenvalue weighted by atomic mass is 35.5. The highest BCUT2D eigenvalue weighted by Crippen LogP contribution is 2.34. The first-order chi connectivity index (χ1) is 16.8. The molecule has 184 valence electrons. The van der Waals surface area contributed by atoms with Crippen molar-refractivity contribution in [3.05, 3.63) is 65.2 Å². The molecule has 10 heteroatoms. The van der Waals surface area contributed by atoms with E-state index in [0.717, 1.165) is 17.1 Å². The highest BCUT2D eigenvalue weighted by molar-refractivity contribution is 6.30. The van der Waals surface area contributed by atoms with Crippen molar-refractivity contribution in [1.82, 2.24) is 19.4 Å². The van der Waals surface area contributed by atoms with Crippen LogP contribution >= 0.6 is 11.6 Å². The number of likely N-dealkylation sites (tertiary alicyclic amines) is 1. The molecule has 3 aromatic rings. The summed E-state index contributed by atoms with van der Waals surface area (Å²) in [7, 11) is 0. The van der Waals surface area contributed by atoms with Crippen molar-refractivity contribution in [2.24, 2.45) is 0 Å². The molecular formula is C25H25ClF3N5O. The molecule has 1 saturated heterocycles. The fraction of sp³-hybridized carbons (Fsp3) is 0.360. The van der Waals surface area contributed by atoms with E-state index in [2.05, 4.69) is 5.32 Å². The van der Waals surface area contributed by atoms with Gasteiger partial charge in [-0.05, 0) is 61.5 Å². The van der Waals surface area contributed by atoms with E-state index in [1.54, 1.807) is 29.2 Å². The highest BCUT2D eigenvalue weighted by Gasteiger charge is 2.36. The predicted molar refractivity (Wildman–Crippen MR) is 128 cm³/mol. The molecule has 1 aromatic heterocycles. The summed E-state index contributed by atoms with van der Waals surface area (Å²) in [5.74, 6) is -1.87. The van der Waals surface area contributed by atoms with Crippen LogP contribution in [0.1, 0.15) is 18.7 Å². The Morgan fingerprint density at radius 2 is 1.80 bits per heavy atom. The zero-order valence-corrected chi connectivity index (χ0v) is 19.7. The van der Waals surface area contributed by atoms with Crippen molar-refractivity contribution in [2.45, 2.75) is 31.9 Å². The number of benzene rings is 2. The largest absolute Gasteiger partial charge is 0.340 e. The molecule has 35 heavy (non-hydrogen) atoms. The van der Waals surface area contributed by atoms with Gasteiger partial charge in [-0.1, -0.05) is 11.6 Å². The Labute approximate surface area is 206 Å². The van der Waals surface area contributed by atoms with Crippen molar-refractivity contribution in [3.8, 4) is 11.3 Å². The number of halogens is 4. The van der Waals surface area contributed by atoms with Crippen molar-refractivity contribution < 1.29 is 18.0 Å². The molecule has 0 bridgehead atoms. The lowest BCUT2D eigenvalue weighted by atomic mass is 10.1. The summed E-state index contributed by atoms with van der Waals surface area (Å²) in [5, 5.41) is 4.01. The SMILES string of the molecule is O=C(CN1CCCC(F)(F)C1)N1CCn2c(nc(-c3ccc(F)cc3)c2Nc2ccc(Cl)cc2)C1. The van der Waals surface area contributed by atoms with Gasteiger partial charge >= 0.3 is 0 Å². The quantitative estimate of drug-likeness (QED) is 0.522. The van der Waals surface area contributed by atoms with Crippen LogP contribution in [0.5, 0.6) is 0 Å². The van der Waals surface area contributed by atoms with Crippen LogP contribution in [0.4, 0.5) is 24.7 Å². The lowest BCUT2D eigenvalue weighted by molar-refractivity contribution is -0.136. The number of piperidine rings is 1. The maximum atomic E-state index is 13.8. The Kier molecular flexibility index (Phi) is 6.46. The molecule has 1 N–H and O–H groups in total. The van der Waals surface area contributed by atoms with Crippen LogP contribution in [0.25, 0.3) is 11.3 Å². The molecule has 0 aliphatic carbocycles. The van der Waals surface area contributed by atoms with Crippen LogP contribution in [0.3, 0.4) is 0 Å². The Hall–Kier alpha value is -3.04. The molecule has 0 atom stereocenters. The molecule has 5 rings (SSSR count). The van der Waals surface area contributed by atoms with Gasteiger partial charge in [-0.15, -0.1) is 0 Å². The maximum Gasteiger partial charge on any atom is 0.260 e. The smallest absolute Gasteiger partial charge is 0.260 e. The number of fused-ring (bicyclic) bond motifs is 1. The van der Waals surface area contributed by atoms with Crippen LogP contribution < -0.4 is 5.32 Å². The number of amides is 1. The molecule has 2 aliphatic heterocycles. The second-order valence-electron chi connectivity index (χ2n) is 9.00. The number of imidazole rings is 1. The summed E-state index contributed by atoms with van der Waals surface area (Å²) >= 11 is 6.02. The van der Waals surface area contributed by atoms with Gasteiger partial charge in [0, 0.05) is 35.8 Å². The van der Waals surface area contributed by atoms with Gasteiger partial charge in [0.05, 0.1) is 19.6 Å². The first-order valence-corrected chi connectivity index (χ1v) is 11.9. The zero-order chi connectivity index (χ0) is 24.6. The van der Waals surface area contributed by atoms with E-state index in [0.29, 0.717) is 42.6 Å². The zero-order valence-electron chi connectivity index (χ0n) is 19.0. The molecule has 0 saturated carbocycles. The third kappa shape index (κ3) is 5.31. The molecule has 1 amide bonds. The molecule has 0 unspecified atom stereocenters. The van der Waals surface area contributed by atoms with Gasteiger partial charge in [0.2, 0.25) is 5.91 Å². The summed E-state index contributed by atoms with van der Waals surface area (Å²) in [6.07, 6.45) is 0.250. The molecule has 2 aromatic carbocycles. The number of carbonyl (C=O) groups is 1. The first-order valence-electron chi connectivity index (χ1n) is 11.5. The molecule has 0 spiro atoms. The minimum absolute atomic E-state index is 0.0308. The Balaban J connectivity index is 1.39. The van der Waals surface area contributed by atoms with Crippen molar-refractivity contribution >= 4 is 29.0 Å². The fourth-order valence-electron chi connectivity index (χ4n) is 4.62. The second kappa shape index (κ2) is 9.54. The Bertz CT molecular complexity index is 1210. The van der Waals surface area contributed by atoms with Gasteiger partial charge < -0.3 is 14.8 Å². The van der Waals surface area contributed by atoms with Crippen molar-refractivity contribution in [2.75, 3.05) is 31.5 Å². The normalized spacial score (nSPS) is 17.8. The third-order valence-electron chi connectivity index (χ3n) is 6.38. The number of hydrogen-bond donors (Lipinski definition) is 1. The van der Waals surface area contributed by atoms with Gasteiger partial charge in [-0.25, -0.2) is 18.2 Å². The van der Waals surface area contributed by atoms with Crippen molar-refractivity contribution in [3.63, 3.8) is 0 Å². The summed E-state index contributed by atoms with van der Waals surface area (Å²) < 4.78 is 43.1. The third-order valence-corrected chi connectivity index (χ3v) is 6.63. The molecule has 0 radical (unpaired) electrons. The molecule has 1 fully saturated rings. The van der Waals surface area contributed by atoms with Gasteiger partial charge in [0.25, 0.3) is 5.92 Å². The summed E-state index contributed by atoms with van der Waals surface area (Å²) in [6.45, 7) is 1.27. The average molecular weight is 504 g/mol. The van der Waals surface area contributed by atoms with E-state index in [-0.39, 0.29) is 37.8 Å². The van der Waals surface area contributed by atoms with E-state index in [1.165, 1.54) is 17.0 Å². The predicted octanol–water partition coefficient (Wildman–Crippen LogP) is 5.16. The minimum atomic E-state index is -2.75. The lowest BCUT2D eigenvalue weighted by Crippen LogP contribution is -2.49. The number of nitrogens with zero attached hydrogens (tertiary/aromatic N) is 4. The van der Waals surface area contributed by atoms with E-state index < -0.39 is 5.92 Å². The standard InChI is InChI=1S/C25H25ClF3N5O/c26-18-4-8-20(9-5-18)30-24-23(17-2-6-19(27)7-3-17)31-21-14-33(12-13-34(21)24)22(35)15-32-11-1-10-25(28,29)16-32/h2-9,30H,1,10-16H2. The van der Waals surface area contributed by atoms with E-state index in [9.17, 15) is 18.0 Å². The summed E-state index contributed by atoms with van der Waals surface area (Å²) in [6, 6.07) is 13.3. The number of rotatable bonds is 5. The maximum absolute atomic E-state index is 13.8. The van der Waals surface area contributed by atoms with Crippen LogP contribution in [0, 0.1) is 5.82 Å². The van der Waals surface area contributed by atoms with Gasteiger partial charge in [-0.3, -0.25) is 9.69 Å². The fourth-order valence-corrected chi connectivity index (χ4v) is 4.75. The monoisotopic (exact) mass is 503 g/mol. The number of hydrogen-bond acceptors (Lipinski definition) is 4. The van der Waals surface area contributed by atoms with Gasteiger partial charge in [0.15, 0.2) is 0 Å². The first kappa shape index (κ1) is 23.7. The van der Waals surface area contributed by atoms with Crippen molar-refractivity contribution in [1.29, 1.82) is 0 Å². The molecule has 2 aliphatic rings. The van der Waals surface area contributed by atoms with E-state index in [1.807, 2.05) is 16.7 Å². The van der Waals surface area contributed by atoms with E-state index in [4.69, 9.17) is 16.6 Å². The average Bonchev–Trinajstić information content (AvgIpc) is 3.18. The van der Waals surface area contributed by atoms with Crippen LogP contribution in [0.2, 0.25) is 5.02 Å². The number of alkyl halides is 2. The minimum Gasteiger partial charge on any atom is -0.340 e. The number of nitrogens with one attached hydrogen (secondary N) is 1. The lowest BCUT2D eigenvalue weighted by Gasteiger charge is -2.34. The summed E-state index contributed by atoms with van der Waals surface area (Å²) in [4.78, 5) is 20.9. The summed E-state index contributed by atoms with van der Waals surface area (Å²) in [5.41, 5.74) is 2.18. The molecular weight excluding hydrogens is 479 g/mol.